The van der Waals surface area contributed by atoms with E-state index < -0.39 is 0 Å². The van der Waals surface area contributed by atoms with Gasteiger partial charge >= 0.3 is 0 Å². The van der Waals surface area contributed by atoms with Gasteiger partial charge in [-0.25, -0.2) is 0 Å². The van der Waals surface area contributed by atoms with Crippen molar-refractivity contribution in [1.29, 1.82) is 0 Å². The molecule has 1 aliphatic carbocycles. The van der Waals surface area contributed by atoms with Crippen LogP contribution in [0.4, 0.5) is 0 Å². The Morgan fingerprint density at radius 3 is 2.00 bits per heavy atom. The lowest BCUT2D eigenvalue weighted by molar-refractivity contribution is 0.288. The van der Waals surface area contributed by atoms with Crippen LogP contribution >= 0.6 is 0 Å². The molecule has 0 aliphatic heterocycles. The SMILES string of the molecule is C=C[C@@H]1CC[C@H](C=C)[C@H](C=C)C1. The highest BCUT2D eigenvalue weighted by atomic mass is 14.3. The molecule has 0 aromatic heterocycles. The van der Waals surface area contributed by atoms with Crippen molar-refractivity contribution in [2.75, 3.05) is 0 Å². The van der Waals surface area contributed by atoms with Crippen molar-refractivity contribution in [1.82, 2.24) is 0 Å². The lowest BCUT2D eigenvalue weighted by atomic mass is 9.74. The van der Waals surface area contributed by atoms with E-state index >= 15 is 0 Å². The van der Waals surface area contributed by atoms with Crippen LogP contribution in [0.2, 0.25) is 0 Å². The lowest BCUT2D eigenvalue weighted by Gasteiger charge is -2.31. The summed E-state index contributed by atoms with van der Waals surface area (Å²) in [5.74, 6) is 1.97. The molecule has 0 amide bonds. The minimum atomic E-state index is 0.624. The fraction of sp³-hybridized carbons (Fsp3) is 0.500. The van der Waals surface area contributed by atoms with Crippen LogP contribution < -0.4 is 0 Å². The van der Waals surface area contributed by atoms with Crippen LogP contribution in [0.1, 0.15) is 19.3 Å². The van der Waals surface area contributed by atoms with Gasteiger partial charge < -0.3 is 0 Å². The highest BCUT2D eigenvalue weighted by Crippen LogP contribution is 2.35. The molecule has 1 saturated carbocycles. The molecule has 0 aromatic rings. The lowest BCUT2D eigenvalue weighted by Crippen LogP contribution is -2.20. The molecule has 0 spiro atoms. The summed E-state index contributed by atoms with van der Waals surface area (Å²) in [5, 5.41) is 0. The van der Waals surface area contributed by atoms with Gasteiger partial charge in [0.25, 0.3) is 0 Å². The third kappa shape index (κ3) is 1.88. The zero-order valence-corrected chi connectivity index (χ0v) is 7.71. The van der Waals surface area contributed by atoms with Gasteiger partial charge in [0.15, 0.2) is 0 Å². The van der Waals surface area contributed by atoms with Gasteiger partial charge in [0.2, 0.25) is 0 Å². The topological polar surface area (TPSA) is 0 Å². The molecule has 0 saturated heterocycles. The second kappa shape index (κ2) is 4.30. The first-order valence-corrected chi connectivity index (χ1v) is 4.69. The van der Waals surface area contributed by atoms with E-state index in [9.17, 15) is 0 Å². The van der Waals surface area contributed by atoms with Crippen molar-refractivity contribution >= 4 is 0 Å². The second-order valence-corrected chi connectivity index (χ2v) is 3.61. The van der Waals surface area contributed by atoms with Crippen LogP contribution in [0, 0.1) is 17.8 Å². The number of hydrogen-bond donors (Lipinski definition) is 0. The van der Waals surface area contributed by atoms with Crippen molar-refractivity contribution in [3.8, 4) is 0 Å². The van der Waals surface area contributed by atoms with Gasteiger partial charge in [-0.15, -0.1) is 19.7 Å². The molecule has 12 heavy (non-hydrogen) atoms. The molecule has 0 bridgehead atoms. The van der Waals surface area contributed by atoms with Crippen molar-refractivity contribution in [2.24, 2.45) is 17.8 Å². The molecule has 0 radical (unpaired) electrons. The smallest absolute Gasteiger partial charge is 0.0168 e. The fourth-order valence-electron chi connectivity index (χ4n) is 2.04. The summed E-state index contributed by atoms with van der Waals surface area (Å²) in [6.45, 7) is 11.6. The average molecular weight is 162 g/mol. The van der Waals surface area contributed by atoms with E-state index in [1.54, 1.807) is 0 Å². The first kappa shape index (κ1) is 9.31. The Hall–Kier alpha value is -0.780. The van der Waals surface area contributed by atoms with Gasteiger partial charge in [-0.1, -0.05) is 18.2 Å². The average Bonchev–Trinajstić information content (AvgIpc) is 2.16. The maximum atomic E-state index is 3.87. The molecule has 66 valence electrons. The number of hydrogen-bond acceptors (Lipinski definition) is 0. The highest BCUT2D eigenvalue weighted by molar-refractivity contribution is 4.99. The normalized spacial score (nSPS) is 35.5. The Balaban J connectivity index is 2.58. The molecule has 1 rings (SSSR count). The largest absolute Gasteiger partial charge is 0.103 e. The van der Waals surface area contributed by atoms with Crippen LogP contribution in [0.5, 0.6) is 0 Å². The fourth-order valence-corrected chi connectivity index (χ4v) is 2.04. The Kier molecular flexibility index (Phi) is 3.33. The van der Waals surface area contributed by atoms with Crippen LogP contribution in [0.15, 0.2) is 38.0 Å². The molecular weight excluding hydrogens is 144 g/mol. The second-order valence-electron chi connectivity index (χ2n) is 3.61. The molecule has 0 unspecified atom stereocenters. The minimum absolute atomic E-state index is 0.624. The molecular formula is C12H18. The third-order valence-corrected chi connectivity index (χ3v) is 2.93. The van der Waals surface area contributed by atoms with Gasteiger partial charge in [0, 0.05) is 0 Å². The molecule has 3 atom stereocenters. The van der Waals surface area contributed by atoms with Gasteiger partial charge in [-0.2, -0.15) is 0 Å². The van der Waals surface area contributed by atoms with E-state index in [1.165, 1.54) is 19.3 Å². The van der Waals surface area contributed by atoms with Crippen molar-refractivity contribution in [3.63, 3.8) is 0 Å². The highest BCUT2D eigenvalue weighted by Gasteiger charge is 2.24. The summed E-state index contributed by atoms with van der Waals surface area (Å²) in [6, 6.07) is 0. The first-order valence-electron chi connectivity index (χ1n) is 4.69. The van der Waals surface area contributed by atoms with E-state index in [4.69, 9.17) is 0 Å². The standard InChI is InChI=1S/C12H18/c1-4-10-7-8-11(5-2)12(6-3)9-10/h4-6,10-12H,1-3,7-9H2/t10-,11+,12-/m1/s1. The van der Waals surface area contributed by atoms with Crippen molar-refractivity contribution < 1.29 is 0 Å². The molecule has 0 aromatic carbocycles. The monoisotopic (exact) mass is 162 g/mol. The molecule has 1 aliphatic rings. The third-order valence-electron chi connectivity index (χ3n) is 2.93. The van der Waals surface area contributed by atoms with Gasteiger partial charge in [-0.3, -0.25) is 0 Å². The van der Waals surface area contributed by atoms with E-state index in [-0.39, 0.29) is 0 Å². The van der Waals surface area contributed by atoms with E-state index in [0.29, 0.717) is 17.8 Å². The molecule has 0 heterocycles. The quantitative estimate of drug-likeness (QED) is 0.556. The Labute approximate surface area is 75.7 Å². The zero-order valence-electron chi connectivity index (χ0n) is 7.71. The maximum Gasteiger partial charge on any atom is -0.0168 e. The summed E-state index contributed by atoms with van der Waals surface area (Å²) in [4.78, 5) is 0. The predicted octanol–water partition coefficient (Wildman–Crippen LogP) is 3.58. The summed E-state index contributed by atoms with van der Waals surface area (Å²) < 4.78 is 0. The molecule has 0 nitrogen and oxygen atoms in total. The minimum Gasteiger partial charge on any atom is -0.103 e. The van der Waals surface area contributed by atoms with Crippen molar-refractivity contribution in [3.05, 3.63) is 38.0 Å². The molecule has 1 fully saturated rings. The summed E-state index contributed by atoms with van der Waals surface area (Å²) in [7, 11) is 0. The van der Waals surface area contributed by atoms with Gasteiger partial charge in [-0.05, 0) is 37.0 Å². The summed E-state index contributed by atoms with van der Waals surface area (Å²) in [5.41, 5.74) is 0. The molecule has 0 N–H and O–H groups in total. The van der Waals surface area contributed by atoms with Crippen LogP contribution in [-0.4, -0.2) is 0 Å². The van der Waals surface area contributed by atoms with E-state index in [0.717, 1.165) is 0 Å². The Morgan fingerprint density at radius 1 is 0.833 bits per heavy atom. The van der Waals surface area contributed by atoms with Gasteiger partial charge in [0.05, 0.1) is 0 Å². The maximum absolute atomic E-state index is 3.87. The zero-order chi connectivity index (χ0) is 8.97. The summed E-state index contributed by atoms with van der Waals surface area (Å²) >= 11 is 0. The first-order chi connectivity index (χ1) is 5.81. The molecule has 0 heteroatoms. The van der Waals surface area contributed by atoms with E-state index in [1.807, 2.05) is 0 Å². The number of rotatable bonds is 3. The van der Waals surface area contributed by atoms with Crippen LogP contribution in [0.25, 0.3) is 0 Å². The van der Waals surface area contributed by atoms with Crippen LogP contribution in [0.3, 0.4) is 0 Å². The van der Waals surface area contributed by atoms with Crippen molar-refractivity contribution in [2.45, 2.75) is 19.3 Å². The van der Waals surface area contributed by atoms with E-state index in [2.05, 4.69) is 38.0 Å². The Bertz CT molecular complexity index is 178. The van der Waals surface area contributed by atoms with Crippen LogP contribution in [-0.2, 0) is 0 Å². The van der Waals surface area contributed by atoms with Gasteiger partial charge in [0.1, 0.15) is 0 Å². The number of allylic oxidation sites excluding steroid dienone is 3. The predicted molar refractivity (Wildman–Crippen MR) is 54.9 cm³/mol. The summed E-state index contributed by atoms with van der Waals surface area (Å²) in [6.07, 6.45) is 9.95. The Morgan fingerprint density at radius 2 is 1.50 bits per heavy atom.